The molecule has 1 aromatic heterocycles. The molecule has 2 aromatic rings. The summed E-state index contributed by atoms with van der Waals surface area (Å²) in [6.07, 6.45) is 1.03. The molecular weight excluding hydrogens is 278 g/mol. The highest BCUT2D eigenvalue weighted by Gasteiger charge is 2.18. The summed E-state index contributed by atoms with van der Waals surface area (Å²) in [5.74, 6) is 5.76. The van der Waals surface area contributed by atoms with Crippen LogP contribution < -0.4 is 20.7 Å². The van der Waals surface area contributed by atoms with Gasteiger partial charge in [0.15, 0.2) is 0 Å². The fourth-order valence-corrected chi connectivity index (χ4v) is 1.53. The molecule has 0 atom stereocenters. The van der Waals surface area contributed by atoms with Gasteiger partial charge in [-0.2, -0.15) is 4.98 Å². The Hall–Kier alpha value is -2.94. The van der Waals surface area contributed by atoms with E-state index in [1.54, 1.807) is 31.4 Å². The number of hydrogen-bond donors (Lipinski definition) is 2. The fraction of sp³-hybridized carbons (Fsp3) is 0.167. The van der Waals surface area contributed by atoms with Crippen molar-refractivity contribution in [1.29, 1.82) is 0 Å². The third-order valence-electron chi connectivity index (χ3n) is 2.60. The number of aromatic nitrogens is 2. The van der Waals surface area contributed by atoms with Crippen LogP contribution in [0, 0.1) is 10.1 Å². The van der Waals surface area contributed by atoms with E-state index in [2.05, 4.69) is 15.4 Å². The molecule has 110 valence electrons. The zero-order valence-electron chi connectivity index (χ0n) is 11.1. The molecule has 21 heavy (non-hydrogen) atoms. The molecule has 2 rings (SSSR count). The summed E-state index contributed by atoms with van der Waals surface area (Å²) in [5.41, 5.74) is 2.69. The Morgan fingerprint density at radius 3 is 2.67 bits per heavy atom. The zero-order valence-corrected chi connectivity index (χ0v) is 11.1. The highest BCUT2D eigenvalue weighted by Crippen LogP contribution is 2.25. The highest BCUT2D eigenvalue weighted by molar-refractivity contribution is 5.42. The maximum atomic E-state index is 10.9. The van der Waals surface area contributed by atoms with Crippen LogP contribution in [0.4, 0.5) is 11.6 Å². The molecule has 0 fully saturated rings. The molecule has 1 aromatic carbocycles. The second-order valence-electron chi connectivity index (χ2n) is 3.92. The Morgan fingerprint density at radius 1 is 1.38 bits per heavy atom. The van der Waals surface area contributed by atoms with Crippen LogP contribution in [0.5, 0.6) is 11.6 Å². The second kappa shape index (κ2) is 6.48. The predicted molar refractivity (Wildman–Crippen MR) is 73.8 cm³/mol. The number of hydrogen-bond acceptors (Lipinski definition) is 8. The molecule has 0 aliphatic heterocycles. The third-order valence-corrected chi connectivity index (χ3v) is 2.60. The molecule has 0 saturated carbocycles. The summed E-state index contributed by atoms with van der Waals surface area (Å²) in [5, 5.41) is 10.9. The first-order valence-corrected chi connectivity index (χ1v) is 5.88. The van der Waals surface area contributed by atoms with Gasteiger partial charge in [-0.25, -0.2) is 10.8 Å². The number of methoxy groups -OCH3 is 1. The second-order valence-corrected chi connectivity index (χ2v) is 3.92. The molecule has 0 saturated heterocycles. The van der Waals surface area contributed by atoms with Gasteiger partial charge in [0.1, 0.15) is 18.6 Å². The van der Waals surface area contributed by atoms with Gasteiger partial charge in [-0.05, 0) is 17.7 Å². The molecule has 0 amide bonds. The standard InChI is InChI=1S/C12H13N5O4/c1-20-9-4-2-8(3-5-9)7-21-11-10(17(18)19)6-14-12(15-11)16-13/h2-6H,7,13H2,1H3,(H,14,15,16). The van der Waals surface area contributed by atoms with E-state index < -0.39 is 4.92 Å². The maximum absolute atomic E-state index is 10.9. The number of hydrazine groups is 1. The van der Waals surface area contributed by atoms with Gasteiger partial charge in [-0.1, -0.05) is 12.1 Å². The highest BCUT2D eigenvalue weighted by atomic mass is 16.6. The number of benzene rings is 1. The Morgan fingerprint density at radius 2 is 2.10 bits per heavy atom. The average molecular weight is 291 g/mol. The smallest absolute Gasteiger partial charge is 0.349 e. The lowest BCUT2D eigenvalue weighted by atomic mass is 10.2. The van der Waals surface area contributed by atoms with Crippen LogP contribution in [-0.4, -0.2) is 22.0 Å². The Labute approximate surface area is 119 Å². The van der Waals surface area contributed by atoms with Crippen LogP contribution in [0.1, 0.15) is 5.56 Å². The lowest BCUT2D eigenvalue weighted by Crippen LogP contribution is -2.12. The van der Waals surface area contributed by atoms with Crippen molar-refractivity contribution in [3.8, 4) is 11.6 Å². The molecular formula is C12H13N5O4. The van der Waals surface area contributed by atoms with Gasteiger partial charge in [0.25, 0.3) is 5.88 Å². The molecule has 0 aliphatic carbocycles. The molecule has 0 bridgehead atoms. The molecule has 9 heteroatoms. The number of nitrogens with zero attached hydrogens (tertiary/aromatic N) is 3. The molecule has 0 radical (unpaired) electrons. The molecule has 1 heterocycles. The molecule has 3 N–H and O–H groups in total. The van der Waals surface area contributed by atoms with Crippen LogP contribution >= 0.6 is 0 Å². The van der Waals surface area contributed by atoms with Gasteiger partial charge in [-0.3, -0.25) is 15.5 Å². The van der Waals surface area contributed by atoms with Crippen LogP contribution in [0.15, 0.2) is 30.5 Å². The quantitative estimate of drug-likeness (QED) is 0.463. The van der Waals surface area contributed by atoms with Crippen molar-refractivity contribution in [2.45, 2.75) is 6.61 Å². The number of nitrogens with one attached hydrogen (secondary N) is 1. The number of nitrogens with two attached hydrogens (primary N) is 1. The summed E-state index contributed by atoms with van der Waals surface area (Å²) in [7, 11) is 1.57. The minimum atomic E-state index is -0.621. The number of rotatable bonds is 6. The van der Waals surface area contributed by atoms with Crippen LogP contribution in [-0.2, 0) is 6.61 Å². The zero-order chi connectivity index (χ0) is 15.2. The van der Waals surface area contributed by atoms with E-state index in [0.717, 1.165) is 11.8 Å². The first-order chi connectivity index (χ1) is 10.1. The first-order valence-electron chi connectivity index (χ1n) is 5.88. The van der Waals surface area contributed by atoms with E-state index in [1.807, 2.05) is 0 Å². The minimum Gasteiger partial charge on any atom is -0.497 e. The molecule has 0 aliphatic rings. The van der Waals surface area contributed by atoms with Gasteiger partial charge in [0.2, 0.25) is 5.95 Å². The van der Waals surface area contributed by atoms with E-state index in [4.69, 9.17) is 15.3 Å². The monoisotopic (exact) mass is 291 g/mol. The van der Waals surface area contributed by atoms with Crippen LogP contribution in [0.2, 0.25) is 0 Å². The topological polar surface area (TPSA) is 125 Å². The average Bonchev–Trinajstić information content (AvgIpc) is 2.52. The van der Waals surface area contributed by atoms with Crippen molar-refractivity contribution in [2.75, 3.05) is 12.5 Å². The lowest BCUT2D eigenvalue weighted by molar-refractivity contribution is -0.386. The van der Waals surface area contributed by atoms with Crippen molar-refractivity contribution >= 4 is 11.6 Å². The van der Waals surface area contributed by atoms with E-state index in [0.29, 0.717) is 5.75 Å². The Balaban J connectivity index is 2.15. The van der Waals surface area contributed by atoms with Crippen molar-refractivity contribution in [1.82, 2.24) is 9.97 Å². The Kier molecular flexibility index (Phi) is 4.46. The van der Waals surface area contributed by atoms with Crippen molar-refractivity contribution < 1.29 is 14.4 Å². The van der Waals surface area contributed by atoms with Crippen molar-refractivity contribution in [3.05, 3.63) is 46.1 Å². The Bertz CT molecular complexity index is 632. The summed E-state index contributed by atoms with van der Waals surface area (Å²) in [6.45, 7) is 0.117. The van der Waals surface area contributed by atoms with Gasteiger partial charge < -0.3 is 9.47 Å². The van der Waals surface area contributed by atoms with Crippen molar-refractivity contribution in [3.63, 3.8) is 0 Å². The summed E-state index contributed by atoms with van der Waals surface area (Å²) in [4.78, 5) is 17.8. The summed E-state index contributed by atoms with van der Waals surface area (Å²) in [6, 6.07) is 7.10. The maximum Gasteiger partial charge on any atom is 0.349 e. The summed E-state index contributed by atoms with van der Waals surface area (Å²) >= 11 is 0. The van der Waals surface area contributed by atoms with E-state index >= 15 is 0 Å². The number of ether oxygens (including phenoxy) is 2. The molecule has 0 unspecified atom stereocenters. The lowest BCUT2D eigenvalue weighted by Gasteiger charge is -2.07. The van der Waals surface area contributed by atoms with Gasteiger partial charge >= 0.3 is 5.69 Å². The largest absolute Gasteiger partial charge is 0.497 e. The van der Waals surface area contributed by atoms with Gasteiger partial charge in [0.05, 0.1) is 12.0 Å². The number of nitro groups is 1. The molecule has 0 spiro atoms. The van der Waals surface area contributed by atoms with Crippen LogP contribution in [0.25, 0.3) is 0 Å². The number of anilines is 1. The fourth-order valence-electron chi connectivity index (χ4n) is 1.53. The third kappa shape index (κ3) is 3.54. The van der Waals surface area contributed by atoms with E-state index in [9.17, 15) is 10.1 Å². The van der Waals surface area contributed by atoms with E-state index in [1.165, 1.54) is 0 Å². The minimum absolute atomic E-state index is 0.0327. The van der Waals surface area contributed by atoms with Gasteiger partial charge in [-0.15, -0.1) is 0 Å². The summed E-state index contributed by atoms with van der Waals surface area (Å²) < 4.78 is 10.4. The van der Waals surface area contributed by atoms with Gasteiger partial charge in [0, 0.05) is 0 Å². The molecule has 9 nitrogen and oxygen atoms in total. The predicted octanol–water partition coefficient (Wildman–Crippen LogP) is 1.26. The van der Waals surface area contributed by atoms with Crippen molar-refractivity contribution in [2.24, 2.45) is 5.84 Å². The normalized spacial score (nSPS) is 10.0. The first kappa shape index (κ1) is 14.5. The van der Waals surface area contributed by atoms with Crippen LogP contribution in [0.3, 0.4) is 0 Å². The van der Waals surface area contributed by atoms with E-state index in [-0.39, 0.29) is 24.1 Å². The SMILES string of the molecule is COc1ccc(COc2nc(NN)ncc2[N+](=O)[O-])cc1. The number of nitrogen functional groups attached to an aromatic ring is 1.